The quantitative estimate of drug-likeness (QED) is 0.317. The Labute approximate surface area is 209 Å². The molecule has 1 aromatic carbocycles. The zero-order valence-corrected chi connectivity index (χ0v) is 21.0. The highest BCUT2D eigenvalue weighted by atomic mass is 35.5. The van der Waals surface area contributed by atoms with Crippen molar-refractivity contribution in [2.75, 3.05) is 20.2 Å². The molecule has 0 saturated heterocycles. The minimum Gasteiger partial charge on any atom is -0.493 e. The summed E-state index contributed by atoms with van der Waals surface area (Å²) in [6, 6.07) is 9.73. The molecule has 182 valence electrons. The topological polar surface area (TPSA) is 87.0 Å². The summed E-state index contributed by atoms with van der Waals surface area (Å²) in [5, 5.41) is 3.67. The van der Waals surface area contributed by atoms with E-state index >= 15 is 0 Å². The van der Waals surface area contributed by atoms with Crippen molar-refractivity contribution in [3.05, 3.63) is 59.1 Å². The van der Waals surface area contributed by atoms with Crippen molar-refractivity contribution in [2.45, 2.75) is 45.3 Å². The lowest BCUT2D eigenvalue weighted by atomic mass is 10.2. The molecule has 9 heteroatoms. The Balaban J connectivity index is 1.56. The molecule has 0 unspecified atom stereocenters. The van der Waals surface area contributed by atoms with Gasteiger partial charge in [-0.2, -0.15) is 4.98 Å². The van der Waals surface area contributed by atoms with Gasteiger partial charge in [-0.1, -0.05) is 11.6 Å². The van der Waals surface area contributed by atoms with Crippen LogP contribution >= 0.6 is 11.6 Å². The van der Waals surface area contributed by atoms with Crippen LogP contribution in [-0.2, 0) is 6.54 Å². The highest BCUT2D eigenvalue weighted by Gasteiger charge is 2.41. The van der Waals surface area contributed by atoms with Gasteiger partial charge in [-0.3, -0.25) is 4.98 Å². The van der Waals surface area contributed by atoms with E-state index in [9.17, 15) is 0 Å². The summed E-state index contributed by atoms with van der Waals surface area (Å²) < 4.78 is 14.1. The van der Waals surface area contributed by atoms with E-state index < -0.39 is 0 Å². The molecule has 3 heterocycles. The van der Waals surface area contributed by atoms with Crippen LogP contribution in [0.3, 0.4) is 0 Å². The van der Waals surface area contributed by atoms with E-state index in [2.05, 4.69) is 40.2 Å². The SMILES string of the molecule is CNCCCOc1ccc(-c2nc3c(OC4(C)CC4)ncnc3n2Cc2cc(C)ccn2)c(Cl)c1. The van der Waals surface area contributed by atoms with Gasteiger partial charge in [-0.15, -0.1) is 0 Å². The number of aryl methyl sites for hydroxylation is 1. The first-order valence-corrected chi connectivity index (χ1v) is 12.2. The van der Waals surface area contributed by atoms with Crippen LogP contribution in [0.2, 0.25) is 5.02 Å². The molecule has 3 aromatic heterocycles. The molecule has 0 amide bonds. The molecular weight excluding hydrogens is 464 g/mol. The van der Waals surface area contributed by atoms with Gasteiger partial charge in [0.2, 0.25) is 5.88 Å². The van der Waals surface area contributed by atoms with Gasteiger partial charge in [0.1, 0.15) is 23.5 Å². The fourth-order valence-corrected chi connectivity index (χ4v) is 4.17. The standard InChI is InChI=1S/C26H29ClN6O2/c1-17-7-11-29-18(13-17)15-33-23(20-6-5-19(14-21(20)27)34-12-4-10-28-3)32-22-24(33)30-16-31-25(22)35-26(2)8-9-26/h5-7,11,13-14,16,28H,4,8-10,12,15H2,1-3H3. The molecule has 4 aromatic rings. The molecule has 0 atom stereocenters. The molecule has 35 heavy (non-hydrogen) atoms. The first kappa shape index (κ1) is 23.5. The third-order valence-corrected chi connectivity index (χ3v) is 6.42. The molecule has 0 aliphatic heterocycles. The van der Waals surface area contributed by atoms with Crippen molar-refractivity contribution in [1.29, 1.82) is 0 Å². The van der Waals surface area contributed by atoms with E-state index in [-0.39, 0.29) is 5.60 Å². The molecule has 1 aliphatic carbocycles. The predicted octanol–water partition coefficient (Wildman–Crippen LogP) is 4.82. The Kier molecular flexibility index (Phi) is 6.58. The smallest absolute Gasteiger partial charge is 0.245 e. The number of benzene rings is 1. The maximum Gasteiger partial charge on any atom is 0.245 e. The van der Waals surface area contributed by atoms with Crippen LogP contribution in [-0.4, -0.2) is 50.3 Å². The van der Waals surface area contributed by atoms with Crippen molar-refractivity contribution in [2.24, 2.45) is 0 Å². The van der Waals surface area contributed by atoms with Crippen LogP contribution in [0.25, 0.3) is 22.6 Å². The average Bonchev–Trinajstić information content (AvgIpc) is 3.45. The fourth-order valence-electron chi connectivity index (χ4n) is 3.91. The van der Waals surface area contributed by atoms with Crippen LogP contribution < -0.4 is 14.8 Å². The molecule has 5 rings (SSSR count). The second-order valence-corrected chi connectivity index (χ2v) is 9.60. The van der Waals surface area contributed by atoms with Crippen molar-refractivity contribution in [3.8, 4) is 23.0 Å². The van der Waals surface area contributed by atoms with Crippen LogP contribution in [0.1, 0.15) is 37.4 Å². The molecule has 1 aliphatic rings. The number of fused-ring (bicyclic) bond motifs is 1. The second kappa shape index (κ2) is 9.79. The highest BCUT2D eigenvalue weighted by molar-refractivity contribution is 6.33. The summed E-state index contributed by atoms with van der Waals surface area (Å²) in [7, 11) is 1.93. The minimum absolute atomic E-state index is 0.187. The number of ether oxygens (including phenoxy) is 2. The van der Waals surface area contributed by atoms with Crippen LogP contribution in [0.5, 0.6) is 11.6 Å². The lowest BCUT2D eigenvalue weighted by Gasteiger charge is -2.12. The number of halogens is 1. The summed E-state index contributed by atoms with van der Waals surface area (Å²) in [6.07, 6.45) is 6.25. The summed E-state index contributed by atoms with van der Waals surface area (Å²) in [4.78, 5) is 18.5. The minimum atomic E-state index is -0.187. The predicted molar refractivity (Wildman–Crippen MR) is 136 cm³/mol. The first-order chi connectivity index (χ1) is 17.0. The largest absolute Gasteiger partial charge is 0.493 e. The summed E-state index contributed by atoms with van der Waals surface area (Å²) >= 11 is 6.76. The van der Waals surface area contributed by atoms with Crippen molar-refractivity contribution >= 4 is 22.8 Å². The van der Waals surface area contributed by atoms with Gasteiger partial charge in [0.15, 0.2) is 11.2 Å². The van der Waals surface area contributed by atoms with E-state index in [0.717, 1.165) is 48.4 Å². The summed E-state index contributed by atoms with van der Waals surface area (Å²) in [5.41, 5.74) is 3.93. The molecule has 1 N–H and O–H groups in total. The summed E-state index contributed by atoms with van der Waals surface area (Å²) in [6.45, 7) is 6.13. The number of pyridine rings is 1. The van der Waals surface area contributed by atoms with E-state index in [0.29, 0.717) is 41.0 Å². The van der Waals surface area contributed by atoms with Crippen LogP contribution in [0.15, 0.2) is 42.9 Å². The maximum absolute atomic E-state index is 6.76. The van der Waals surface area contributed by atoms with Crippen LogP contribution in [0.4, 0.5) is 0 Å². The Morgan fingerprint density at radius 3 is 2.74 bits per heavy atom. The first-order valence-electron chi connectivity index (χ1n) is 11.8. The van der Waals surface area contributed by atoms with Gasteiger partial charge in [0, 0.05) is 11.8 Å². The van der Waals surface area contributed by atoms with Gasteiger partial charge in [-0.05, 0) is 82.6 Å². The van der Waals surface area contributed by atoms with Crippen molar-refractivity contribution in [1.82, 2.24) is 29.8 Å². The normalized spacial score (nSPS) is 14.3. The second-order valence-electron chi connectivity index (χ2n) is 9.20. The van der Waals surface area contributed by atoms with Gasteiger partial charge in [-0.25, -0.2) is 9.97 Å². The maximum atomic E-state index is 6.76. The number of rotatable bonds is 10. The number of nitrogens with zero attached hydrogens (tertiary/aromatic N) is 5. The molecule has 0 spiro atoms. The van der Waals surface area contributed by atoms with Gasteiger partial charge >= 0.3 is 0 Å². The third-order valence-electron chi connectivity index (χ3n) is 6.11. The van der Waals surface area contributed by atoms with E-state index in [1.54, 1.807) is 0 Å². The third kappa shape index (κ3) is 5.23. The number of nitrogens with one attached hydrogen (secondary N) is 1. The van der Waals surface area contributed by atoms with Crippen molar-refractivity contribution < 1.29 is 9.47 Å². The Morgan fingerprint density at radius 2 is 2.00 bits per heavy atom. The van der Waals surface area contributed by atoms with Gasteiger partial charge in [0.25, 0.3) is 0 Å². The average molecular weight is 493 g/mol. The number of aromatic nitrogens is 5. The molecular formula is C26H29ClN6O2. The Hall–Kier alpha value is -3.23. The Bertz CT molecular complexity index is 1350. The molecule has 8 nitrogen and oxygen atoms in total. The number of hydrogen-bond acceptors (Lipinski definition) is 7. The van der Waals surface area contributed by atoms with E-state index in [1.807, 2.05) is 42.1 Å². The zero-order chi connectivity index (χ0) is 24.4. The summed E-state index contributed by atoms with van der Waals surface area (Å²) in [5.74, 6) is 1.90. The van der Waals surface area contributed by atoms with E-state index in [4.69, 9.17) is 26.1 Å². The highest BCUT2D eigenvalue weighted by Crippen LogP contribution is 2.41. The molecule has 0 bridgehead atoms. The van der Waals surface area contributed by atoms with Crippen molar-refractivity contribution in [3.63, 3.8) is 0 Å². The lowest BCUT2D eigenvalue weighted by Crippen LogP contribution is -2.13. The molecule has 1 fully saturated rings. The fraction of sp³-hybridized carbons (Fsp3) is 0.385. The number of hydrogen-bond donors (Lipinski definition) is 1. The van der Waals surface area contributed by atoms with E-state index in [1.165, 1.54) is 6.33 Å². The monoisotopic (exact) mass is 492 g/mol. The zero-order valence-electron chi connectivity index (χ0n) is 20.2. The molecule has 0 radical (unpaired) electrons. The van der Waals surface area contributed by atoms with Gasteiger partial charge < -0.3 is 19.4 Å². The molecule has 1 saturated carbocycles. The van der Waals surface area contributed by atoms with Gasteiger partial charge in [0.05, 0.1) is 23.9 Å². The Morgan fingerprint density at radius 1 is 1.14 bits per heavy atom. The number of imidazole rings is 1. The lowest BCUT2D eigenvalue weighted by molar-refractivity contribution is 0.194. The van der Waals surface area contributed by atoms with Crippen LogP contribution in [0, 0.1) is 6.92 Å².